The zero-order valence-electron chi connectivity index (χ0n) is 16.9. The summed E-state index contributed by atoms with van der Waals surface area (Å²) in [7, 11) is 1.43. The van der Waals surface area contributed by atoms with Gasteiger partial charge in [0.1, 0.15) is 5.75 Å². The Morgan fingerprint density at radius 3 is 2.52 bits per heavy atom. The molecule has 0 unspecified atom stereocenters. The van der Waals surface area contributed by atoms with E-state index in [-0.39, 0.29) is 10.8 Å². The van der Waals surface area contributed by atoms with Crippen LogP contribution in [0, 0.1) is 24.0 Å². The molecule has 8 nitrogen and oxygen atoms in total. The number of hydrogen-bond acceptors (Lipinski definition) is 5. The average Bonchev–Trinajstić information content (AvgIpc) is 2.98. The summed E-state index contributed by atoms with van der Waals surface area (Å²) in [5.74, 6) is 0.302. The third kappa shape index (κ3) is 5.07. The lowest BCUT2D eigenvalue weighted by Crippen LogP contribution is -2.20. The van der Waals surface area contributed by atoms with E-state index in [1.807, 2.05) is 13.8 Å². The molecule has 0 saturated heterocycles. The van der Waals surface area contributed by atoms with E-state index in [4.69, 9.17) is 40.2 Å². The van der Waals surface area contributed by atoms with Crippen LogP contribution in [0.3, 0.4) is 0 Å². The Bertz CT molecular complexity index is 1150. The van der Waals surface area contributed by atoms with E-state index in [1.165, 1.54) is 25.3 Å². The van der Waals surface area contributed by atoms with Crippen molar-refractivity contribution in [2.75, 3.05) is 17.7 Å². The Morgan fingerprint density at radius 2 is 1.90 bits per heavy atom. The zero-order chi connectivity index (χ0) is 22.7. The van der Waals surface area contributed by atoms with Crippen LogP contribution in [0.5, 0.6) is 5.75 Å². The summed E-state index contributed by atoms with van der Waals surface area (Å²) in [6.45, 7) is 4.17. The van der Waals surface area contributed by atoms with Crippen LogP contribution >= 0.6 is 35.4 Å². The number of hydrogen-bond donors (Lipinski definition) is 2. The van der Waals surface area contributed by atoms with Gasteiger partial charge >= 0.3 is 0 Å². The van der Waals surface area contributed by atoms with Gasteiger partial charge in [-0.25, -0.2) is 0 Å². The molecule has 3 rings (SSSR count). The standard InChI is InChI=1S/C20H19Cl2N5O3S/c1-11-19(12(2)26(25-11)10-14-15(21)5-4-6-16(14)22)24-20(31)23-17-8-7-13(27(28)29)9-18(17)30-3/h4-9H,10H2,1-3H3,(H2,23,24,31). The molecule has 31 heavy (non-hydrogen) atoms. The first-order chi connectivity index (χ1) is 14.7. The van der Waals surface area contributed by atoms with E-state index in [9.17, 15) is 10.1 Å². The number of thiocarbonyl (C=S) groups is 1. The molecule has 11 heteroatoms. The molecule has 2 N–H and O–H groups in total. The quantitative estimate of drug-likeness (QED) is 0.270. The maximum atomic E-state index is 11.0. The van der Waals surface area contributed by atoms with Crippen molar-refractivity contribution >= 4 is 57.6 Å². The molecule has 1 aromatic heterocycles. The number of rotatable bonds is 6. The number of nitro benzene ring substituents is 1. The fourth-order valence-corrected chi connectivity index (χ4v) is 3.76. The minimum atomic E-state index is -0.491. The smallest absolute Gasteiger partial charge is 0.273 e. The predicted octanol–water partition coefficient (Wildman–Crippen LogP) is 5.58. The van der Waals surface area contributed by atoms with Gasteiger partial charge in [-0.2, -0.15) is 5.10 Å². The normalized spacial score (nSPS) is 10.6. The van der Waals surface area contributed by atoms with Gasteiger partial charge in [0.25, 0.3) is 5.69 Å². The lowest BCUT2D eigenvalue weighted by molar-refractivity contribution is -0.384. The number of methoxy groups -OCH3 is 1. The van der Waals surface area contributed by atoms with Crippen LogP contribution in [-0.4, -0.2) is 26.9 Å². The Kier molecular flexibility index (Phi) is 6.99. The summed E-state index contributed by atoms with van der Waals surface area (Å²) in [4.78, 5) is 10.5. The van der Waals surface area contributed by atoms with E-state index in [0.29, 0.717) is 28.0 Å². The topological polar surface area (TPSA) is 94.2 Å². The van der Waals surface area contributed by atoms with Crippen LogP contribution in [0.1, 0.15) is 17.0 Å². The van der Waals surface area contributed by atoms with Crippen LogP contribution in [0.2, 0.25) is 10.0 Å². The lowest BCUT2D eigenvalue weighted by atomic mass is 10.2. The highest BCUT2D eigenvalue weighted by molar-refractivity contribution is 7.80. The highest BCUT2D eigenvalue weighted by atomic mass is 35.5. The van der Waals surface area contributed by atoms with Crippen molar-refractivity contribution in [3.8, 4) is 5.75 Å². The maximum Gasteiger partial charge on any atom is 0.273 e. The fourth-order valence-electron chi connectivity index (χ4n) is 3.03. The van der Waals surface area contributed by atoms with Gasteiger partial charge in [0.15, 0.2) is 5.11 Å². The van der Waals surface area contributed by atoms with Gasteiger partial charge in [-0.05, 0) is 44.3 Å². The van der Waals surface area contributed by atoms with Crippen LogP contribution in [0.4, 0.5) is 17.1 Å². The summed E-state index contributed by atoms with van der Waals surface area (Å²) in [6.07, 6.45) is 0. The first-order valence-electron chi connectivity index (χ1n) is 9.08. The number of non-ortho nitro benzene ring substituents is 1. The molecule has 0 saturated carbocycles. The molecule has 2 aromatic carbocycles. The number of aromatic nitrogens is 2. The van der Waals surface area contributed by atoms with Gasteiger partial charge < -0.3 is 15.4 Å². The van der Waals surface area contributed by atoms with Gasteiger partial charge in [-0.1, -0.05) is 29.3 Å². The second-order valence-corrected chi connectivity index (χ2v) is 7.85. The van der Waals surface area contributed by atoms with E-state index in [2.05, 4.69) is 15.7 Å². The second kappa shape index (κ2) is 9.51. The zero-order valence-corrected chi connectivity index (χ0v) is 19.2. The number of aryl methyl sites for hydroxylation is 1. The number of nitrogens with one attached hydrogen (secondary N) is 2. The van der Waals surface area contributed by atoms with Crippen LogP contribution in [0.25, 0.3) is 0 Å². The van der Waals surface area contributed by atoms with Crippen molar-refractivity contribution < 1.29 is 9.66 Å². The summed E-state index contributed by atoms with van der Waals surface area (Å²) in [6, 6.07) is 9.59. The van der Waals surface area contributed by atoms with Crippen molar-refractivity contribution in [3.63, 3.8) is 0 Å². The molecule has 0 amide bonds. The fraction of sp³-hybridized carbons (Fsp3) is 0.200. The third-order valence-electron chi connectivity index (χ3n) is 4.63. The van der Waals surface area contributed by atoms with Gasteiger partial charge in [-0.15, -0.1) is 0 Å². The number of ether oxygens (including phenoxy) is 1. The number of halogens is 2. The van der Waals surface area contributed by atoms with Crippen LogP contribution < -0.4 is 15.4 Å². The molecule has 162 valence electrons. The van der Waals surface area contributed by atoms with E-state index >= 15 is 0 Å². The van der Waals surface area contributed by atoms with Crippen molar-refractivity contribution in [1.82, 2.24) is 9.78 Å². The monoisotopic (exact) mass is 479 g/mol. The molecule has 0 bridgehead atoms. The summed E-state index contributed by atoms with van der Waals surface area (Å²) < 4.78 is 7.02. The summed E-state index contributed by atoms with van der Waals surface area (Å²) >= 11 is 18.0. The summed E-state index contributed by atoms with van der Waals surface area (Å²) in [5, 5.41) is 23.1. The highest BCUT2D eigenvalue weighted by Gasteiger charge is 2.17. The molecule has 0 aliphatic carbocycles. The van der Waals surface area contributed by atoms with Crippen molar-refractivity contribution in [1.29, 1.82) is 0 Å². The Hall–Kier alpha value is -2.88. The molecular formula is C20H19Cl2N5O3S. The Morgan fingerprint density at radius 1 is 1.23 bits per heavy atom. The third-order valence-corrected chi connectivity index (χ3v) is 5.55. The lowest BCUT2D eigenvalue weighted by Gasteiger charge is -2.14. The SMILES string of the molecule is COc1cc([N+](=O)[O-])ccc1NC(=S)Nc1c(C)nn(Cc2c(Cl)cccc2Cl)c1C. The van der Waals surface area contributed by atoms with Gasteiger partial charge in [-0.3, -0.25) is 14.8 Å². The number of anilines is 2. The molecule has 0 aliphatic rings. The van der Waals surface area contributed by atoms with Crippen molar-refractivity contribution in [3.05, 3.63) is 73.5 Å². The number of benzene rings is 2. The minimum absolute atomic E-state index is 0.0764. The number of nitrogens with zero attached hydrogens (tertiary/aromatic N) is 3. The van der Waals surface area contributed by atoms with Crippen molar-refractivity contribution in [2.24, 2.45) is 0 Å². The molecular weight excluding hydrogens is 461 g/mol. The van der Waals surface area contributed by atoms with Gasteiger partial charge in [0.2, 0.25) is 0 Å². The first-order valence-corrected chi connectivity index (χ1v) is 10.2. The van der Waals surface area contributed by atoms with Crippen LogP contribution in [0.15, 0.2) is 36.4 Å². The Labute approximate surface area is 194 Å². The molecule has 0 atom stereocenters. The molecule has 0 radical (unpaired) electrons. The minimum Gasteiger partial charge on any atom is -0.494 e. The second-order valence-electron chi connectivity index (χ2n) is 6.62. The Balaban J connectivity index is 1.79. The highest BCUT2D eigenvalue weighted by Crippen LogP contribution is 2.30. The molecule has 0 fully saturated rings. The van der Waals surface area contributed by atoms with E-state index in [0.717, 1.165) is 22.6 Å². The van der Waals surface area contributed by atoms with Gasteiger partial charge in [0, 0.05) is 21.7 Å². The first kappa shape index (κ1) is 22.8. The molecule has 0 aliphatic heterocycles. The van der Waals surface area contributed by atoms with Crippen molar-refractivity contribution in [2.45, 2.75) is 20.4 Å². The molecule has 0 spiro atoms. The molecule has 1 heterocycles. The van der Waals surface area contributed by atoms with E-state index in [1.54, 1.807) is 22.9 Å². The maximum absolute atomic E-state index is 11.0. The number of nitro groups is 1. The average molecular weight is 480 g/mol. The predicted molar refractivity (Wildman–Crippen MR) is 127 cm³/mol. The van der Waals surface area contributed by atoms with Crippen LogP contribution in [-0.2, 0) is 6.54 Å². The largest absolute Gasteiger partial charge is 0.494 e. The summed E-state index contributed by atoms with van der Waals surface area (Å²) in [5.41, 5.74) is 3.51. The van der Waals surface area contributed by atoms with Gasteiger partial charge in [0.05, 0.1) is 47.4 Å². The molecule has 3 aromatic rings. The van der Waals surface area contributed by atoms with E-state index < -0.39 is 4.92 Å².